The van der Waals surface area contributed by atoms with E-state index in [0.717, 1.165) is 89.9 Å². The van der Waals surface area contributed by atoms with Crippen LogP contribution in [0.5, 0.6) is 0 Å². The molecule has 6 heteroatoms. The van der Waals surface area contributed by atoms with Gasteiger partial charge in [0, 0.05) is 19.3 Å². The van der Waals surface area contributed by atoms with Crippen molar-refractivity contribution in [3.05, 3.63) is 85.1 Å². The first-order valence-electron chi connectivity index (χ1n) is 22.6. The van der Waals surface area contributed by atoms with E-state index in [1.807, 2.05) is 0 Å². The van der Waals surface area contributed by atoms with Crippen LogP contribution in [0.4, 0.5) is 0 Å². The molecule has 0 spiro atoms. The third kappa shape index (κ3) is 41.7. The maximum Gasteiger partial charge on any atom is 0.306 e. The molecule has 0 aromatic carbocycles. The van der Waals surface area contributed by atoms with E-state index < -0.39 is 6.10 Å². The molecule has 0 saturated carbocycles. The quantitative estimate of drug-likeness (QED) is 0.0203. The van der Waals surface area contributed by atoms with E-state index in [1.54, 1.807) is 0 Å². The van der Waals surface area contributed by atoms with Crippen molar-refractivity contribution in [1.29, 1.82) is 0 Å². The van der Waals surface area contributed by atoms with E-state index in [1.165, 1.54) is 57.8 Å². The summed E-state index contributed by atoms with van der Waals surface area (Å²) in [4.78, 5) is 37.7. The lowest BCUT2D eigenvalue weighted by Gasteiger charge is -2.18. The zero-order valence-corrected chi connectivity index (χ0v) is 36.1. The van der Waals surface area contributed by atoms with E-state index in [9.17, 15) is 14.4 Å². The molecular weight excluding hydrogens is 697 g/mol. The highest BCUT2D eigenvalue weighted by Crippen LogP contribution is 2.11. The predicted molar refractivity (Wildman–Crippen MR) is 237 cm³/mol. The number of carbonyl (C=O) groups is 3. The van der Waals surface area contributed by atoms with Gasteiger partial charge in [0.05, 0.1) is 0 Å². The van der Waals surface area contributed by atoms with Crippen molar-refractivity contribution in [2.75, 3.05) is 13.2 Å². The summed E-state index contributed by atoms with van der Waals surface area (Å²) >= 11 is 0. The predicted octanol–water partition coefficient (Wildman–Crippen LogP) is 14.5. The number of rotatable bonds is 39. The lowest BCUT2D eigenvalue weighted by molar-refractivity contribution is -0.167. The van der Waals surface area contributed by atoms with E-state index >= 15 is 0 Å². The van der Waals surface area contributed by atoms with Gasteiger partial charge in [-0.3, -0.25) is 14.4 Å². The third-order valence-corrected chi connectivity index (χ3v) is 9.16. The van der Waals surface area contributed by atoms with Crippen molar-refractivity contribution < 1.29 is 28.6 Å². The Balaban J connectivity index is 4.51. The Labute approximate surface area is 344 Å². The van der Waals surface area contributed by atoms with Crippen LogP contribution in [0.2, 0.25) is 0 Å². The van der Waals surface area contributed by atoms with Gasteiger partial charge in [-0.1, -0.05) is 170 Å². The van der Waals surface area contributed by atoms with Gasteiger partial charge >= 0.3 is 17.9 Å². The molecule has 0 aliphatic rings. The van der Waals surface area contributed by atoms with Crippen LogP contribution in [-0.2, 0) is 28.6 Å². The average molecular weight is 779 g/mol. The molecule has 0 heterocycles. The lowest BCUT2D eigenvalue weighted by Crippen LogP contribution is -2.30. The summed E-state index contributed by atoms with van der Waals surface area (Å²) in [7, 11) is 0. The average Bonchev–Trinajstić information content (AvgIpc) is 3.19. The number of hydrogen-bond donors (Lipinski definition) is 0. The second-order valence-corrected chi connectivity index (χ2v) is 14.6. The largest absolute Gasteiger partial charge is 0.462 e. The Kier molecular flexibility index (Phi) is 41.6. The van der Waals surface area contributed by atoms with Crippen molar-refractivity contribution >= 4 is 17.9 Å². The molecule has 318 valence electrons. The highest BCUT2D eigenvalue weighted by atomic mass is 16.6. The molecule has 56 heavy (non-hydrogen) atoms. The zero-order chi connectivity index (χ0) is 40.8. The minimum Gasteiger partial charge on any atom is -0.462 e. The Morgan fingerprint density at radius 2 is 0.786 bits per heavy atom. The molecule has 6 nitrogen and oxygen atoms in total. The molecule has 0 radical (unpaired) electrons. The van der Waals surface area contributed by atoms with Crippen LogP contribution in [0.3, 0.4) is 0 Å². The Morgan fingerprint density at radius 3 is 1.29 bits per heavy atom. The van der Waals surface area contributed by atoms with Gasteiger partial charge in [0.15, 0.2) is 6.10 Å². The molecule has 0 fully saturated rings. The number of carbonyl (C=O) groups excluding carboxylic acids is 3. The summed E-state index contributed by atoms with van der Waals surface area (Å²) in [5, 5.41) is 0. The Morgan fingerprint density at radius 1 is 0.393 bits per heavy atom. The molecule has 0 bridgehead atoms. The van der Waals surface area contributed by atoms with Gasteiger partial charge in [0.2, 0.25) is 0 Å². The minimum atomic E-state index is -0.822. The number of unbranched alkanes of at least 4 members (excludes halogenated alkanes) is 16. The molecule has 0 aromatic rings. The first-order valence-corrected chi connectivity index (χ1v) is 22.6. The third-order valence-electron chi connectivity index (χ3n) is 9.16. The molecule has 0 aromatic heterocycles. The molecule has 0 aliphatic heterocycles. The van der Waals surface area contributed by atoms with Gasteiger partial charge in [-0.05, 0) is 89.9 Å². The molecule has 0 saturated heterocycles. The summed E-state index contributed by atoms with van der Waals surface area (Å²) in [5.74, 6) is -1.04. The number of esters is 3. The van der Waals surface area contributed by atoms with Crippen LogP contribution in [0.25, 0.3) is 0 Å². The molecule has 0 aliphatic carbocycles. The standard InChI is InChI=1S/C50H82O6/c1-4-7-10-13-16-19-22-23-24-25-26-29-31-34-37-40-43-49(52)55-46-47(56-50(53)44-41-38-35-32-28-21-18-15-12-9-6-3)45-54-48(51)42-39-36-33-30-27-20-17-14-11-8-5-2/h9,12,14,17-18,20-21,24-27,29,32,35,47H,4-8,10-11,13,15-16,19,22-23,28,30-31,33-34,36-46H2,1-3H3/b12-9-,17-14-,21-18-,25-24-,27-20-,29-26-,35-32-. The summed E-state index contributed by atoms with van der Waals surface area (Å²) in [5.41, 5.74) is 0. The molecule has 0 amide bonds. The van der Waals surface area contributed by atoms with E-state index in [2.05, 4.69) is 106 Å². The van der Waals surface area contributed by atoms with Crippen molar-refractivity contribution in [3.63, 3.8) is 0 Å². The SMILES string of the molecule is CC/C=C\C/C=C\C/C=C\CCCC(=O)OC(COC(=O)CCCCC/C=C\C=C/CCCC)COC(=O)CCCCC/C=C\C=C/CCCCCCCCC. The van der Waals surface area contributed by atoms with E-state index in [-0.39, 0.29) is 37.5 Å². The molecule has 1 atom stereocenters. The summed E-state index contributed by atoms with van der Waals surface area (Å²) in [6.45, 7) is 6.34. The second-order valence-electron chi connectivity index (χ2n) is 14.6. The summed E-state index contributed by atoms with van der Waals surface area (Å²) < 4.78 is 16.6. The maximum atomic E-state index is 12.7. The smallest absolute Gasteiger partial charge is 0.306 e. The van der Waals surface area contributed by atoms with Gasteiger partial charge in [-0.15, -0.1) is 0 Å². The highest BCUT2D eigenvalue weighted by Gasteiger charge is 2.19. The van der Waals surface area contributed by atoms with Crippen LogP contribution in [0, 0.1) is 0 Å². The number of hydrogen-bond acceptors (Lipinski definition) is 6. The maximum absolute atomic E-state index is 12.7. The first-order chi connectivity index (χ1) is 27.5. The van der Waals surface area contributed by atoms with Gasteiger partial charge < -0.3 is 14.2 Å². The van der Waals surface area contributed by atoms with Gasteiger partial charge in [-0.2, -0.15) is 0 Å². The molecule has 0 rings (SSSR count). The fourth-order valence-electron chi connectivity index (χ4n) is 5.72. The fourth-order valence-corrected chi connectivity index (χ4v) is 5.72. The van der Waals surface area contributed by atoms with Gasteiger partial charge in [0.25, 0.3) is 0 Å². The Hall–Kier alpha value is -3.41. The van der Waals surface area contributed by atoms with Crippen molar-refractivity contribution in [1.82, 2.24) is 0 Å². The molecule has 1 unspecified atom stereocenters. The number of ether oxygens (including phenoxy) is 3. The number of allylic oxidation sites excluding steroid dienone is 14. The summed E-state index contributed by atoms with van der Waals surface area (Å²) in [6, 6.07) is 0. The van der Waals surface area contributed by atoms with Crippen LogP contribution >= 0.6 is 0 Å². The van der Waals surface area contributed by atoms with Crippen LogP contribution in [0.15, 0.2) is 85.1 Å². The lowest BCUT2D eigenvalue weighted by atomic mass is 10.1. The second kappa shape index (κ2) is 44.3. The van der Waals surface area contributed by atoms with Crippen LogP contribution in [-0.4, -0.2) is 37.2 Å². The first kappa shape index (κ1) is 52.6. The van der Waals surface area contributed by atoms with Crippen molar-refractivity contribution in [2.45, 2.75) is 200 Å². The fraction of sp³-hybridized carbons (Fsp3) is 0.660. The van der Waals surface area contributed by atoms with Crippen molar-refractivity contribution in [2.24, 2.45) is 0 Å². The van der Waals surface area contributed by atoms with Crippen LogP contribution < -0.4 is 0 Å². The van der Waals surface area contributed by atoms with Crippen molar-refractivity contribution in [3.8, 4) is 0 Å². The topological polar surface area (TPSA) is 78.9 Å². The van der Waals surface area contributed by atoms with E-state index in [4.69, 9.17) is 14.2 Å². The van der Waals surface area contributed by atoms with Gasteiger partial charge in [-0.25, -0.2) is 0 Å². The minimum absolute atomic E-state index is 0.120. The van der Waals surface area contributed by atoms with Crippen LogP contribution in [0.1, 0.15) is 194 Å². The summed E-state index contributed by atoms with van der Waals surface area (Å²) in [6.07, 6.45) is 55.8. The molecule has 0 N–H and O–H groups in total. The highest BCUT2D eigenvalue weighted by molar-refractivity contribution is 5.71. The normalized spacial score (nSPS) is 12.8. The zero-order valence-electron chi connectivity index (χ0n) is 36.1. The molecular formula is C50H82O6. The Bertz CT molecular complexity index is 1120. The monoisotopic (exact) mass is 779 g/mol. The van der Waals surface area contributed by atoms with E-state index in [0.29, 0.717) is 19.3 Å². The van der Waals surface area contributed by atoms with Gasteiger partial charge in [0.1, 0.15) is 13.2 Å².